The van der Waals surface area contributed by atoms with E-state index in [9.17, 15) is 24.1 Å². The summed E-state index contributed by atoms with van der Waals surface area (Å²) in [6.45, 7) is 1.62. The summed E-state index contributed by atoms with van der Waals surface area (Å²) >= 11 is 0. The van der Waals surface area contributed by atoms with Crippen LogP contribution in [0.3, 0.4) is 0 Å². The minimum atomic E-state index is -0.650. The fraction of sp³-hybridized carbons (Fsp3) is 0.300. The molecule has 1 aliphatic carbocycles. The molecular formula is C20H19FN2O5. The molecule has 0 radical (unpaired) electrons. The van der Waals surface area contributed by atoms with Crippen LogP contribution in [0.5, 0.6) is 0 Å². The number of hydrogen-bond donors (Lipinski definition) is 0. The molecule has 0 heterocycles. The van der Waals surface area contributed by atoms with Crippen LogP contribution in [0.15, 0.2) is 42.5 Å². The Kier molecular flexibility index (Phi) is 5.67. The first-order valence-corrected chi connectivity index (χ1v) is 8.92. The average molecular weight is 386 g/mol. The monoisotopic (exact) mass is 386 g/mol. The highest BCUT2D eigenvalue weighted by molar-refractivity contribution is 6.00. The van der Waals surface area contributed by atoms with E-state index in [1.807, 2.05) is 0 Å². The number of nitro groups is 1. The molecule has 0 unspecified atom stereocenters. The zero-order chi connectivity index (χ0) is 20.3. The van der Waals surface area contributed by atoms with Crippen LogP contribution in [0.25, 0.3) is 0 Å². The lowest BCUT2D eigenvalue weighted by Crippen LogP contribution is -2.32. The Bertz CT molecular complexity index is 927. The Hall–Kier alpha value is -3.29. The summed E-state index contributed by atoms with van der Waals surface area (Å²) in [6.07, 6.45) is 1.36. The second-order valence-corrected chi connectivity index (χ2v) is 6.47. The number of halogens is 1. The molecule has 1 saturated carbocycles. The molecule has 0 atom stereocenters. The predicted octanol–water partition coefficient (Wildman–Crippen LogP) is 3.85. The molecule has 2 aromatic rings. The van der Waals surface area contributed by atoms with Gasteiger partial charge in [0.1, 0.15) is 11.5 Å². The van der Waals surface area contributed by atoms with E-state index in [2.05, 4.69) is 0 Å². The van der Waals surface area contributed by atoms with Crippen molar-refractivity contribution in [3.63, 3.8) is 0 Å². The third kappa shape index (κ3) is 4.16. The second-order valence-electron chi connectivity index (χ2n) is 6.47. The minimum Gasteiger partial charge on any atom is -0.462 e. The molecule has 146 valence electrons. The Morgan fingerprint density at radius 2 is 1.96 bits per heavy atom. The van der Waals surface area contributed by atoms with Gasteiger partial charge in [0.25, 0.3) is 5.69 Å². The minimum absolute atomic E-state index is 0.0456. The van der Waals surface area contributed by atoms with Crippen molar-refractivity contribution < 1.29 is 23.6 Å². The lowest BCUT2D eigenvalue weighted by molar-refractivity contribution is -0.384. The number of carbonyl (C=O) groups excluding carboxylic acids is 2. The average Bonchev–Trinajstić information content (AvgIpc) is 3.52. The fourth-order valence-electron chi connectivity index (χ4n) is 2.86. The van der Waals surface area contributed by atoms with Crippen LogP contribution in [0.2, 0.25) is 0 Å². The summed E-state index contributed by atoms with van der Waals surface area (Å²) in [7, 11) is 0. The van der Waals surface area contributed by atoms with E-state index >= 15 is 0 Å². The van der Waals surface area contributed by atoms with Gasteiger partial charge >= 0.3 is 5.97 Å². The first kappa shape index (κ1) is 19.5. The largest absolute Gasteiger partial charge is 0.462 e. The van der Waals surface area contributed by atoms with E-state index in [1.54, 1.807) is 13.0 Å². The quantitative estimate of drug-likeness (QED) is 0.410. The van der Waals surface area contributed by atoms with E-state index < -0.39 is 16.7 Å². The maximum Gasteiger partial charge on any atom is 0.338 e. The van der Waals surface area contributed by atoms with Crippen molar-refractivity contribution in [2.45, 2.75) is 26.3 Å². The van der Waals surface area contributed by atoms with Crippen LogP contribution in [0, 0.1) is 21.8 Å². The van der Waals surface area contributed by atoms with Gasteiger partial charge in [-0.15, -0.1) is 0 Å². The van der Waals surface area contributed by atoms with Gasteiger partial charge in [-0.05, 0) is 38.0 Å². The van der Waals surface area contributed by atoms with Gasteiger partial charge in [-0.2, -0.15) is 0 Å². The molecule has 0 saturated heterocycles. The van der Waals surface area contributed by atoms with E-state index in [0.717, 1.165) is 6.07 Å². The number of rotatable bonds is 7. The molecule has 0 bridgehead atoms. The zero-order valence-corrected chi connectivity index (χ0v) is 15.3. The Morgan fingerprint density at radius 1 is 1.25 bits per heavy atom. The van der Waals surface area contributed by atoms with Gasteiger partial charge < -0.3 is 9.64 Å². The molecule has 0 aliphatic heterocycles. The van der Waals surface area contributed by atoms with Crippen molar-refractivity contribution in [3.8, 4) is 0 Å². The summed E-state index contributed by atoms with van der Waals surface area (Å²) in [4.78, 5) is 37.0. The lowest BCUT2D eigenvalue weighted by Gasteiger charge is -2.23. The van der Waals surface area contributed by atoms with E-state index in [0.29, 0.717) is 12.8 Å². The first-order chi connectivity index (χ1) is 13.4. The molecular weight excluding hydrogens is 367 g/mol. The molecule has 3 rings (SSSR count). The van der Waals surface area contributed by atoms with Crippen molar-refractivity contribution in [2.24, 2.45) is 5.92 Å². The molecule has 1 amide bonds. The highest BCUT2D eigenvalue weighted by atomic mass is 19.1. The maximum absolute atomic E-state index is 14.2. The number of ether oxygens (including phenoxy) is 1. The van der Waals surface area contributed by atoms with Gasteiger partial charge in [-0.1, -0.05) is 18.2 Å². The number of esters is 1. The summed E-state index contributed by atoms with van der Waals surface area (Å²) < 4.78 is 19.1. The molecule has 2 aromatic carbocycles. The van der Waals surface area contributed by atoms with Gasteiger partial charge in [-0.25, -0.2) is 9.18 Å². The molecule has 0 N–H and O–H groups in total. The molecule has 28 heavy (non-hydrogen) atoms. The van der Waals surface area contributed by atoms with Crippen molar-refractivity contribution in [1.82, 2.24) is 0 Å². The van der Waals surface area contributed by atoms with E-state index in [4.69, 9.17) is 4.74 Å². The number of hydrogen-bond acceptors (Lipinski definition) is 5. The molecule has 8 heteroatoms. The SMILES string of the molecule is CCOC(=O)c1ccc([N+](=O)[O-])c(N(Cc2ccccc2F)C(=O)C2CC2)c1. The molecule has 1 aliphatic rings. The highest BCUT2D eigenvalue weighted by Gasteiger charge is 2.37. The Labute approximate surface area is 160 Å². The highest BCUT2D eigenvalue weighted by Crippen LogP contribution is 2.37. The third-order valence-electron chi connectivity index (χ3n) is 4.45. The van der Waals surface area contributed by atoms with Crippen LogP contribution in [0.4, 0.5) is 15.8 Å². The number of amides is 1. The van der Waals surface area contributed by atoms with Gasteiger partial charge in [0.05, 0.1) is 23.6 Å². The second kappa shape index (κ2) is 8.16. The van der Waals surface area contributed by atoms with Crippen molar-refractivity contribution in [3.05, 3.63) is 69.5 Å². The zero-order valence-electron chi connectivity index (χ0n) is 15.3. The molecule has 7 nitrogen and oxygen atoms in total. The van der Waals surface area contributed by atoms with Crippen LogP contribution < -0.4 is 4.90 Å². The van der Waals surface area contributed by atoms with Gasteiger partial charge in [0.2, 0.25) is 5.91 Å². The van der Waals surface area contributed by atoms with Crippen LogP contribution in [0.1, 0.15) is 35.7 Å². The summed E-state index contributed by atoms with van der Waals surface area (Å²) in [6, 6.07) is 9.63. The number of benzene rings is 2. The smallest absolute Gasteiger partial charge is 0.338 e. The van der Waals surface area contributed by atoms with E-state index in [1.165, 1.54) is 35.2 Å². The standard InChI is InChI=1S/C20H19FN2O5/c1-2-28-20(25)14-9-10-17(23(26)27)18(11-14)22(19(24)13-7-8-13)12-15-5-3-4-6-16(15)21/h3-6,9-11,13H,2,7-8,12H2,1H3. The lowest BCUT2D eigenvalue weighted by atomic mass is 10.1. The number of anilines is 1. The van der Waals surface area contributed by atoms with Gasteiger partial charge in [0.15, 0.2) is 0 Å². The van der Waals surface area contributed by atoms with E-state index in [-0.39, 0.29) is 47.5 Å². The van der Waals surface area contributed by atoms with Gasteiger partial charge in [0, 0.05) is 17.5 Å². The van der Waals surface area contributed by atoms with Crippen LogP contribution in [-0.2, 0) is 16.1 Å². The number of nitrogens with zero attached hydrogens (tertiary/aromatic N) is 2. The van der Waals surface area contributed by atoms with Crippen molar-refractivity contribution in [1.29, 1.82) is 0 Å². The van der Waals surface area contributed by atoms with Crippen molar-refractivity contribution in [2.75, 3.05) is 11.5 Å². The predicted molar refractivity (Wildman–Crippen MR) is 99.4 cm³/mol. The molecule has 0 aromatic heterocycles. The Morgan fingerprint density at radius 3 is 2.57 bits per heavy atom. The summed E-state index contributed by atoms with van der Waals surface area (Å²) in [5.74, 6) is -1.74. The number of nitro benzene ring substituents is 1. The molecule has 0 spiro atoms. The molecule has 1 fully saturated rings. The third-order valence-corrected chi connectivity index (χ3v) is 4.45. The summed E-state index contributed by atoms with van der Waals surface area (Å²) in [5, 5.41) is 11.5. The maximum atomic E-state index is 14.2. The first-order valence-electron chi connectivity index (χ1n) is 8.92. The topological polar surface area (TPSA) is 89.8 Å². The Balaban J connectivity index is 2.08. The van der Waals surface area contributed by atoms with Crippen LogP contribution >= 0.6 is 0 Å². The fourth-order valence-corrected chi connectivity index (χ4v) is 2.86. The van der Waals surface area contributed by atoms with Crippen LogP contribution in [-0.4, -0.2) is 23.4 Å². The number of carbonyl (C=O) groups is 2. The normalized spacial score (nSPS) is 13.1. The van der Waals surface area contributed by atoms with Crippen molar-refractivity contribution >= 4 is 23.3 Å². The van der Waals surface area contributed by atoms with Gasteiger partial charge in [-0.3, -0.25) is 14.9 Å². The summed E-state index contributed by atoms with van der Waals surface area (Å²) in [5.41, 5.74) is -0.0639.